The summed E-state index contributed by atoms with van der Waals surface area (Å²) in [5.41, 5.74) is 2.73. The molecule has 0 unspecified atom stereocenters. The Kier molecular flexibility index (Phi) is 5.19. The average molecular weight is 327 g/mol. The molecule has 0 aromatic carbocycles. The normalized spacial score (nSPS) is 19.0. The van der Waals surface area contributed by atoms with Crippen LogP contribution in [0.1, 0.15) is 49.9 Å². The van der Waals surface area contributed by atoms with Crippen LogP contribution in [0.2, 0.25) is 0 Å². The SMILES string of the molecule is CC(C)n1nccc1CN1CCC[C@@H](c2ccnc(N(C)C)c2)C1. The molecular weight excluding hydrogens is 298 g/mol. The van der Waals surface area contributed by atoms with Crippen LogP contribution in [0.5, 0.6) is 0 Å². The lowest BCUT2D eigenvalue weighted by molar-refractivity contribution is 0.194. The third-order valence-electron chi connectivity index (χ3n) is 4.83. The molecule has 5 heteroatoms. The van der Waals surface area contributed by atoms with E-state index in [1.54, 1.807) is 0 Å². The van der Waals surface area contributed by atoms with Gasteiger partial charge in [0.25, 0.3) is 0 Å². The number of piperidine rings is 1. The van der Waals surface area contributed by atoms with E-state index < -0.39 is 0 Å². The summed E-state index contributed by atoms with van der Waals surface area (Å²) in [4.78, 5) is 9.09. The lowest BCUT2D eigenvalue weighted by Crippen LogP contribution is -2.34. The molecule has 130 valence electrons. The molecular formula is C19H29N5. The number of nitrogens with zero attached hydrogens (tertiary/aromatic N) is 5. The van der Waals surface area contributed by atoms with E-state index in [1.807, 2.05) is 26.5 Å². The number of likely N-dealkylation sites (tertiary alicyclic amines) is 1. The van der Waals surface area contributed by atoms with Crippen molar-refractivity contribution in [3.63, 3.8) is 0 Å². The van der Waals surface area contributed by atoms with Crippen LogP contribution in [0.25, 0.3) is 0 Å². The Morgan fingerprint density at radius 3 is 2.83 bits per heavy atom. The van der Waals surface area contributed by atoms with E-state index in [1.165, 1.54) is 30.6 Å². The van der Waals surface area contributed by atoms with Gasteiger partial charge in [-0.25, -0.2) is 4.98 Å². The highest BCUT2D eigenvalue weighted by Gasteiger charge is 2.23. The van der Waals surface area contributed by atoms with Gasteiger partial charge in [0.15, 0.2) is 0 Å². The average Bonchev–Trinajstić information content (AvgIpc) is 3.03. The second-order valence-electron chi connectivity index (χ2n) is 7.28. The molecule has 1 fully saturated rings. The molecule has 0 radical (unpaired) electrons. The van der Waals surface area contributed by atoms with Crippen LogP contribution >= 0.6 is 0 Å². The van der Waals surface area contributed by atoms with Gasteiger partial charge in [0.05, 0.1) is 5.69 Å². The number of pyridine rings is 1. The van der Waals surface area contributed by atoms with Crippen molar-refractivity contribution < 1.29 is 0 Å². The summed E-state index contributed by atoms with van der Waals surface area (Å²) >= 11 is 0. The van der Waals surface area contributed by atoms with Gasteiger partial charge in [0, 0.05) is 45.6 Å². The zero-order valence-electron chi connectivity index (χ0n) is 15.3. The maximum atomic E-state index is 4.47. The minimum atomic E-state index is 0.415. The van der Waals surface area contributed by atoms with E-state index in [2.05, 4.69) is 56.6 Å². The molecule has 1 aliphatic heterocycles. The number of aromatic nitrogens is 3. The molecule has 24 heavy (non-hydrogen) atoms. The number of hydrogen-bond donors (Lipinski definition) is 0. The third-order valence-corrected chi connectivity index (χ3v) is 4.83. The Bertz CT molecular complexity index is 661. The van der Waals surface area contributed by atoms with Crippen molar-refractivity contribution in [2.75, 3.05) is 32.1 Å². The first-order valence-corrected chi connectivity index (χ1v) is 8.92. The molecule has 1 atom stereocenters. The van der Waals surface area contributed by atoms with Crippen molar-refractivity contribution in [1.29, 1.82) is 0 Å². The van der Waals surface area contributed by atoms with Crippen molar-refractivity contribution >= 4 is 5.82 Å². The lowest BCUT2D eigenvalue weighted by Gasteiger charge is -2.33. The molecule has 0 spiro atoms. The van der Waals surface area contributed by atoms with Crippen molar-refractivity contribution in [3.05, 3.63) is 41.9 Å². The van der Waals surface area contributed by atoms with Gasteiger partial charge in [-0.2, -0.15) is 5.10 Å². The van der Waals surface area contributed by atoms with Gasteiger partial charge in [-0.15, -0.1) is 0 Å². The Morgan fingerprint density at radius 2 is 2.08 bits per heavy atom. The highest BCUT2D eigenvalue weighted by atomic mass is 15.3. The molecule has 3 rings (SSSR count). The first-order valence-electron chi connectivity index (χ1n) is 8.92. The number of anilines is 1. The van der Waals surface area contributed by atoms with Crippen molar-refractivity contribution in [2.45, 2.75) is 45.2 Å². The number of rotatable bonds is 5. The van der Waals surface area contributed by atoms with Gasteiger partial charge in [-0.1, -0.05) is 0 Å². The van der Waals surface area contributed by atoms with Crippen LogP contribution in [0, 0.1) is 0 Å². The standard InChI is InChI=1S/C19H29N5/c1-15(2)24-18(8-10-21-24)14-23-11-5-6-17(13-23)16-7-9-20-19(12-16)22(3)4/h7-10,12,15,17H,5-6,11,13-14H2,1-4H3/t17-/m1/s1. The lowest BCUT2D eigenvalue weighted by atomic mass is 9.91. The molecule has 1 aliphatic rings. The third kappa shape index (κ3) is 3.78. The van der Waals surface area contributed by atoms with E-state index in [0.29, 0.717) is 12.0 Å². The summed E-state index contributed by atoms with van der Waals surface area (Å²) in [6, 6.07) is 6.99. The Balaban J connectivity index is 1.70. The smallest absolute Gasteiger partial charge is 0.128 e. The Hall–Kier alpha value is -1.88. The maximum absolute atomic E-state index is 4.47. The van der Waals surface area contributed by atoms with E-state index in [4.69, 9.17) is 0 Å². The summed E-state index contributed by atoms with van der Waals surface area (Å²) in [6.07, 6.45) is 6.37. The van der Waals surface area contributed by atoms with E-state index in [0.717, 1.165) is 18.9 Å². The monoisotopic (exact) mass is 327 g/mol. The fraction of sp³-hybridized carbons (Fsp3) is 0.579. The Labute approximate surface area is 145 Å². The maximum Gasteiger partial charge on any atom is 0.128 e. The molecule has 0 N–H and O–H groups in total. The van der Waals surface area contributed by atoms with Gasteiger partial charge in [0.2, 0.25) is 0 Å². The van der Waals surface area contributed by atoms with Gasteiger partial charge >= 0.3 is 0 Å². The van der Waals surface area contributed by atoms with Crippen LogP contribution in [-0.4, -0.2) is 46.8 Å². The topological polar surface area (TPSA) is 37.2 Å². The highest BCUT2D eigenvalue weighted by molar-refractivity contribution is 5.40. The van der Waals surface area contributed by atoms with Crippen molar-refractivity contribution in [3.8, 4) is 0 Å². The molecule has 0 amide bonds. The second-order valence-corrected chi connectivity index (χ2v) is 7.28. The largest absolute Gasteiger partial charge is 0.363 e. The Morgan fingerprint density at radius 1 is 1.25 bits per heavy atom. The van der Waals surface area contributed by atoms with Crippen molar-refractivity contribution in [2.24, 2.45) is 0 Å². The molecule has 0 bridgehead atoms. The molecule has 2 aromatic rings. The summed E-state index contributed by atoms with van der Waals surface area (Å²) in [5.74, 6) is 1.64. The molecule has 3 heterocycles. The molecule has 5 nitrogen and oxygen atoms in total. The first kappa shape index (κ1) is 17.0. The van der Waals surface area contributed by atoms with Gasteiger partial charge in [-0.3, -0.25) is 9.58 Å². The van der Waals surface area contributed by atoms with Crippen LogP contribution in [0.3, 0.4) is 0 Å². The van der Waals surface area contributed by atoms with Gasteiger partial charge < -0.3 is 4.90 Å². The minimum absolute atomic E-state index is 0.415. The minimum Gasteiger partial charge on any atom is -0.363 e. The summed E-state index contributed by atoms with van der Waals surface area (Å²) in [5, 5.41) is 4.47. The predicted molar refractivity (Wildman–Crippen MR) is 98.4 cm³/mol. The highest BCUT2D eigenvalue weighted by Crippen LogP contribution is 2.29. The second kappa shape index (κ2) is 7.34. The van der Waals surface area contributed by atoms with Crippen LogP contribution in [-0.2, 0) is 6.54 Å². The van der Waals surface area contributed by atoms with E-state index in [9.17, 15) is 0 Å². The van der Waals surface area contributed by atoms with Gasteiger partial charge in [-0.05, 0) is 62.9 Å². The zero-order chi connectivity index (χ0) is 17.1. The van der Waals surface area contributed by atoms with Crippen molar-refractivity contribution in [1.82, 2.24) is 19.7 Å². The van der Waals surface area contributed by atoms with E-state index >= 15 is 0 Å². The fourth-order valence-electron chi connectivity index (χ4n) is 3.56. The summed E-state index contributed by atoms with van der Waals surface area (Å²) in [6.45, 7) is 7.65. The number of hydrogen-bond acceptors (Lipinski definition) is 4. The molecule has 0 aliphatic carbocycles. The fourth-order valence-corrected chi connectivity index (χ4v) is 3.56. The summed E-state index contributed by atoms with van der Waals surface area (Å²) < 4.78 is 2.14. The van der Waals surface area contributed by atoms with Gasteiger partial charge in [0.1, 0.15) is 5.82 Å². The zero-order valence-corrected chi connectivity index (χ0v) is 15.3. The molecule has 2 aromatic heterocycles. The molecule has 0 saturated carbocycles. The van der Waals surface area contributed by atoms with Crippen LogP contribution < -0.4 is 4.90 Å². The van der Waals surface area contributed by atoms with Crippen LogP contribution in [0.4, 0.5) is 5.82 Å². The predicted octanol–water partition coefficient (Wildman–Crippen LogP) is 3.30. The van der Waals surface area contributed by atoms with Crippen LogP contribution in [0.15, 0.2) is 30.6 Å². The summed E-state index contributed by atoms with van der Waals surface area (Å²) in [7, 11) is 4.10. The van der Waals surface area contributed by atoms with E-state index in [-0.39, 0.29) is 0 Å². The quantitative estimate of drug-likeness (QED) is 0.844. The molecule has 1 saturated heterocycles. The first-order chi connectivity index (χ1) is 11.5.